The van der Waals surface area contributed by atoms with Crippen LogP contribution in [0.4, 0.5) is 0 Å². The molecule has 0 radical (unpaired) electrons. The average Bonchev–Trinajstić information content (AvgIpc) is 2.85. The van der Waals surface area contributed by atoms with Gasteiger partial charge in [0.1, 0.15) is 5.75 Å². The van der Waals surface area contributed by atoms with Crippen LogP contribution < -0.4 is 5.73 Å². The third-order valence-electron chi connectivity index (χ3n) is 2.48. The zero-order valence-electron chi connectivity index (χ0n) is 7.20. The van der Waals surface area contributed by atoms with E-state index in [1.165, 1.54) is 12.8 Å². The molecule has 1 unspecified atom stereocenters. The molecule has 1 aliphatic carbocycles. The summed E-state index contributed by atoms with van der Waals surface area (Å²) >= 11 is 2.18. The zero-order valence-corrected chi connectivity index (χ0v) is 9.36. The Morgan fingerprint density at radius 1 is 1.46 bits per heavy atom. The van der Waals surface area contributed by atoms with Gasteiger partial charge in [-0.3, -0.25) is 0 Å². The van der Waals surface area contributed by atoms with Crippen molar-refractivity contribution in [2.75, 3.05) is 0 Å². The molecule has 0 aliphatic heterocycles. The van der Waals surface area contributed by atoms with Crippen molar-refractivity contribution < 1.29 is 5.11 Å². The average molecular weight is 289 g/mol. The number of hydrogen-bond acceptors (Lipinski definition) is 2. The monoisotopic (exact) mass is 289 g/mol. The Hall–Kier alpha value is -0.290. The minimum absolute atomic E-state index is 0.0250. The fraction of sp³-hybridized carbons (Fsp3) is 0.400. The summed E-state index contributed by atoms with van der Waals surface area (Å²) in [5.41, 5.74) is 6.88. The molecule has 0 spiro atoms. The van der Waals surface area contributed by atoms with Gasteiger partial charge in [-0.1, -0.05) is 6.07 Å². The number of phenolic OH excluding ortho intramolecular Hbond substituents is 1. The molecule has 1 saturated carbocycles. The minimum Gasteiger partial charge on any atom is -0.508 e. The molecule has 0 heterocycles. The maximum Gasteiger partial charge on any atom is 0.121 e. The molecule has 2 rings (SSSR count). The maximum atomic E-state index is 9.65. The van der Waals surface area contributed by atoms with Crippen LogP contribution in [0.2, 0.25) is 0 Å². The molecular weight excluding hydrogens is 277 g/mol. The van der Waals surface area contributed by atoms with Gasteiger partial charge in [0.25, 0.3) is 0 Å². The molecule has 13 heavy (non-hydrogen) atoms. The van der Waals surface area contributed by atoms with Crippen molar-refractivity contribution in [3.05, 3.63) is 27.3 Å². The fourth-order valence-electron chi connectivity index (χ4n) is 1.51. The first-order chi connectivity index (χ1) is 6.18. The normalized spacial score (nSPS) is 18.6. The standard InChI is InChI=1S/C10H12INO/c11-7-3-4-8(9(13)5-7)10(12)6-1-2-6/h3-6,10,13H,1-2,12H2. The van der Waals surface area contributed by atoms with Crippen molar-refractivity contribution in [1.82, 2.24) is 0 Å². The Labute approximate surface area is 91.3 Å². The van der Waals surface area contributed by atoms with Gasteiger partial charge < -0.3 is 10.8 Å². The van der Waals surface area contributed by atoms with E-state index in [1.807, 2.05) is 12.1 Å². The van der Waals surface area contributed by atoms with Crippen molar-refractivity contribution in [1.29, 1.82) is 0 Å². The van der Waals surface area contributed by atoms with Gasteiger partial charge in [0.15, 0.2) is 0 Å². The van der Waals surface area contributed by atoms with E-state index in [2.05, 4.69) is 22.6 Å². The second-order valence-corrected chi connectivity index (χ2v) is 4.81. The third-order valence-corrected chi connectivity index (χ3v) is 3.15. The lowest BCUT2D eigenvalue weighted by Crippen LogP contribution is -2.12. The van der Waals surface area contributed by atoms with Crippen LogP contribution in [-0.4, -0.2) is 5.11 Å². The molecule has 1 aromatic rings. The van der Waals surface area contributed by atoms with Crippen LogP contribution in [0.3, 0.4) is 0 Å². The first-order valence-corrected chi connectivity index (χ1v) is 5.50. The summed E-state index contributed by atoms with van der Waals surface area (Å²) in [6.45, 7) is 0. The fourth-order valence-corrected chi connectivity index (χ4v) is 1.98. The summed E-state index contributed by atoms with van der Waals surface area (Å²) in [6.07, 6.45) is 2.40. The van der Waals surface area contributed by atoms with Gasteiger partial charge in [0.2, 0.25) is 0 Å². The molecular formula is C10H12INO. The van der Waals surface area contributed by atoms with Gasteiger partial charge >= 0.3 is 0 Å². The first-order valence-electron chi connectivity index (χ1n) is 4.42. The highest BCUT2D eigenvalue weighted by Gasteiger charge is 2.30. The molecule has 1 aromatic carbocycles. The molecule has 1 fully saturated rings. The lowest BCUT2D eigenvalue weighted by atomic mass is 10.0. The molecule has 1 atom stereocenters. The summed E-state index contributed by atoms with van der Waals surface area (Å²) in [5.74, 6) is 0.928. The number of benzene rings is 1. The van der Waals surface area contributed by atoms with Gasteiger partial charge in [0, 0.05) is 15.2 Å². The SMILES string of the molecule is NC(c1ccc(I)cc1O)C1CC1. The van der Waals surface area contributed by atoms with Crippen molar-refractivity contribution >= 4 is 22.6 Å². The number of hydrogen-bond donors (Lipinski definition) is 2. The molecule has 0 amide bonds. The largest absolute Gasteiger partial charge is 0.508 e. The zero-order chi connectivity index (χ0) is 9.42. The van der Waals surface area contributed by atoms with Gasteiger partial charge in [0.05, 0.1) is 0 Å². The van der Waals surface area contributed by atoms with Gasteiger partial charge in [-0.05, 0) is 53.5 Å². The number of rotatable bonds is 2. The van der Waals surface area contributed by atoms with E-state index < -0.39 is 0 Å². The highest BCUT2D eigenvalue weighted by Crippen LogP contribution is 2.41. The van der Waals surface area contributed by atoms with Crippen LogP contribution in [0.15, 0.2) is 18.2 Å². The molecule has 0 saturated heterocycles. The number of nitrogens with two attached hydrogens (primary N) is 1. The lowest BCUT2D eigenvalue weighted by molar-refractivity contribution is 0.456. The van der Waals surface area contributed by atoms with Crippen molar-refractivity contribution in [2.45, 2.75) is 18.9 Å². The van der Waals surface area contributed by atoms with Crippen molar-refractivity contribution in [3.63, 3.8) is 0 Å². The predicted molar refractivity (Wildman–Crippen MR) is 60.5 cm³/mol. The third kappa shape index (κ3) is 1.96. The van der Waals surface area contributed by atoms with Crippen LogP contribution in [-0.2, 0) is 0 Å². The van der Waals surface area contributed by atoms with E-state index >= 15 is 0 Å². The summed E-state index contributed by atoms with van der Waals surface area (Å²) < 4.78 is 1.04. The molecule has 3 heteroatoms. The lowest BCUT2D eigenvalue weighted by Gasteiger charge is -2.12. The molecule has 70 valence electrons. The highest BCUT2D eigenvalue weighted by atomic mass is 127. The summed E-state index contributed by atoms with van der Waals surface area (Å²) in [6, 6.07) is 5.70. The quantitative estimate of drug-likeness (QED) is 0.821. The van der Waals surface area contributed by atoms with E-state index in [1.54, 1.807) is 6.07 Å². The minimum atomic E-state index is 0.0250. The van der Waals surface area contributed by atoms with Crippen molar-refractivity contribution in [3.8, 4) is 5.75 Å². The van der Waals surface area contributed by atoms with Crippen LogP contribution in [0, 0.1) is 9.49 Å². The summed E-state index contributed by atoms with van der Waals surface area (Å²) in [4.78, 5) is 0. The Morgan fingerprint density at radius 3 is 2.69 bits per heavy atom. The van der Waals surface area contributed by atoms with Gasteiger partial charge in [-0.2, -0.15) is 0 Å². The molecule has 0 bridgehead atoms. The van der Waals surface area contributed by atoms with E-state index in [4.69, 9.17) is 5.73 Å². The second-order valence-electron chi connectivity index (χ2n) is 3.57. The Morgan fingerprint density at radius 2 is 2.15 bits per heavy atom. The summed E-state index contributed by atoms with van der Waals surface area (Å²) in [7, 11) is 0. The van der Waals surface area contributed by atoms with E-state index in [-0.39, 0.29) is 6.04 Å². The molecule has 3 N–H and O–H groups in total. The van der Waals surface area contributed by atoms with Gasteiger partial charge in [-0.15, -0.1) is 0 Å². The van der Waals surface area contributed by atoms with Crippen LogP contribution in [0.5, 0.6) is 5.75 Å². The summed E-state index contributed by atoms with van der Waals surface area (Å²) in [5, 5.41) is 9.65. The number of aromatic hydroxyl groups is 1. The smallest absolute Gasteiger partial charge is 0.121 e. The highest BCUT2D eigenvalue weighted by molar-refractivity contribution is 14.1. The van der Waals surface area contributed by atoms with E-state index in [0.717, 1.165) is 9.13 Å². The van der Waals surface area contributed by atoms with Crippen molar-refractivity contribution in [2.24, 2.45) is 11.7 Å². The predicted octanol–water partition coefficient (Wildman–Crippen LogP) is 2.41. The molecule has 1 aliphatic rings. The number of halogens is 1. The van der Waals surface area contributed by atoms with E-state index in [0.29, 0.717) is 11.7 Å². The Bertz CT molecular complexity index is 323. The maximum absolute atomic E-state index is 9.65. The Kier molecular flexibility index (Phi) is 2.47. The van der Waals surface area contributed by atoms with Crippen LogP contribution >= 0.6 is 22.6 Å². The van der Waals surface area contributed by atoms with Crippen LogP contribution in [0.1, 0.15) is 24.4 Å². The topological polar surface area (TPSA) is 46.2 Å². The molecule has 0 aromatic heterocycles. The first kappa shape index (κ1) is 9.27. The molecule has 2 nitrogen and oxygen atoms in total. The van der Waals surface area contributed by atoms with Gasteiger partial charge in [-0.25, -0.2) is 0 Å². The van der Waals surface area contributed by atoms with Crippen LogP contribution in [0.25, 0.3) is 0 Å². The second kappa shape index (κ2) is 3.46. The number of phenols is 1. The Balaban J connectivity index is 2.28. The van der Waals surface area contributed by atoms with E-state index in [9.17, 15) is 5.11 Å².